The van der Waals surface area contributed by atoms with E-state index in [1.54, 1.807) is 20.3 Å². The molecule has 2 heterocycles. The lowest BCUT2D eigenvalue weighted by Gasteiger charge is -2.50. The van der Waals surface area contributed by atoms with Crippen molar-refractivity contribution in [2.75, 3.05) is 33.9 Å². The van der Waals surface area contributed by atoms with E-state index in [1.165, 1.54) is 11.1 Å². The van der Waals surface area contributed by atoms with Crippen LogP contribution in [0.1, 0.15) is 43.4 Å². The molecule has 2 atom stereocenters. The van der Waals surface area contributed by atoms with Crippen LogP contribution in [0.25, 0.3) is 0 Å². The van der Waals surface area contributed by atoms with Crippen LogP contribution in [0.3, 0.4) is 0 Å². The SMILES string of the molecule is CCOC(=O)[C@@]12CCC(=O)C=C1C[C@H]1c3cc(OC)c(OC)cc3CCN1C2. The molecular formula is C22H27NO5. The summed E-state index contributed by atoms with van der Waals surface area (Å²) in [6.07, 6.45) is 4.20. The standard InChI is InChI=1S/C22H27NO5/c1-4-28-21(25)22-7-5-16(24)10-15(22)11-18-17-12-20(27-3)19(26-2)9-14(17)6-8-23(18)13-22/h9-10,12,18H,4-8,11,13H2,1-3H3/t18-,22+/m0/s1. The van der Waals surface area contributed by atoms with E-state index in [4.69, 9.17) is 14.2 Å². The Labute approximate surface area is 165 Å². The maximum absolute atomic E-state index is 12.9. The molecule has 4 rings (SSSR count). The topological polar surface area (TPSA) is 65.1 Å². The monoisotopic (exact) mass is 385 g/mol. The first-order valence-corrected chi connectivity index (χ1v) is 9.92. The predicted octanol–water partition coefficient (Wildman–Crippen LogP) is 2.85. The number of esters is 1. The van der Waals surface area contributed by atoms with Crippen molar-refractivity contribution in [3.05, 3.63) is 34.9 Å². The quantitative estimate of drug-likeness (QED) is 0.743. The van der Waals surface area contributed by atoms with Crippen molar-refractivity contribution in [2.24, 2.45) is 5.41 Å². The first-order chi connectivity index (χ1) is 13.5. The van der Waals surface area contributed by atoms with Gasteiger partial charge in [-0.2, -0.15) is 0 Å². The third-order valence-electron chi connectivity index (χ3n) is 6.41. The second-order valence-corrected chi connectivity index (χ2v) is 7.78. The lowest BCUT2D eigenvalue weighted by Crippen LogP contribution is -2.54. The molecule has 6 heteroatoms. The highest BCUT2D eigenvalue weighted by Gasteiger charge is 2.52. The van der Waals surface area contributed by atoms with Crippen molar-refractivity contribution in [1.29, 1.82) is 0 Å². The second-order valence-electron chi connectivity index (χ2n) is 7.78. The van der Waals surface area contributed by atoms with E-state index < -0.39 is 5.41 Å². The summed E-state index contributed by atoms with van der Waals surface area (Å²) < 4.78 is 16.4. The number of nitrogens with zero attached hydrogens (tertiary/aromatic N) is 1. The molecular weight excluding hydrogens is 358 g/mol. The highest BCUT2D eigenvalue weighted by molar-refractivity contribution is 5.95. The molecule has 0 aromatic heterocycles. The van der Waals surface area contributed by atoms with Crippen LogP contribution in [0, 0.1) is 5.41 Å². The number of allylic oxidation sites excluding steroid dienone is 1. The van der Waals surface area contributed by atoms with E-state index >= 15 is 0 Å². The van der Waals surface area contributed by atoms with Gasteiger partial charge in [-0.1, -0.05) is 0 Å². The fraction of sp³-hybridized carbons (Fsp3) is 0.545. The van der Waals surface area contributed by atoms with Crippen LogP contribution in [0.4, 0.5) is 0 Å². The van der Waals surface area contributed by atoms with Gasteiger partial charge in [0.25, 0.3) is 0 Å². The average Bonchev–Trinajstić information content (AvgIpc) is 2.71. The minimum atomic E-state index is -0.686. The molecule has 1 aliphatic carbocycles. The normalized spacial score (nSPS) is 26.5. The third-order valence-corrected chi connectivity index (χ3v) is 6.41. The Kier molecular flexibility index (Phi) is 4.91. The number of carbonyl (C=O) groups is 2. The minimum absolute atomic E-state index is 0.103. The Hall–Kier alpha value is -2.34. The molecule has 0 bridgehead atoms. The number of piperidine rings is 1. The van der Waals surface area contributed by atoms with E-state index in [0.717, 1.165) is 24.3 Å². The van der Waals surface area contributed by atoms with Gasteiger partial charge in [-0.05, 0) is 61.1 Å². The van der Waals surface area contributed by atoms with E-state index in [1.807, 2.05) is 13.0 Å². The third kappa shape index (κ3) is 2.91. The molecule has 150 valence electrons. The molecule has 0 spiro atoms. The predicted molar refractivity (Wildman–Crippen MR) is 104 cm³/mol. The average molecular weight is 385 g/mol. The van der Waals surface area contributed by atoms with Crippen LogP contribution in [0.5, 0.6) is 11.5 Å². The maximum Gasteiger partial charge on any atom is 0.317 e. The minimum Gasteiger partial charge on any atom is -0.493 e. The van der Waals surface area contributed by atoms with Gasteiger partial charge in [-0.15, -0.1) is 0 Å². The molecule has 0 N–H and O–H groups in total. The first-order valence-electron chi connectivity index (χ1n) is 9.92. The van der Waals surface area contributed by atoms with Gasteiger partial charge in [0.05, 0.1) is 20.8 Å². The van der Waals surface area contributed by atoms with Crippen molar-refractivity contribution in [3.8, 4) is 11.5 Å². The lowest BCUT2D eigenvalue weighted by atomic mass is 9.65. The Bertz CT molecular complexity index is 846. The Balaban J connectivity index is 1.75. The largest absolute Gasteiger partial charge is 0.493 e. The van der Waals surface area contributed by atoms with Crippen molar-refractivity contribution in [2.45, 2.75) is 38.6 Å². The van der Waals surface area contributed by atoms with Gasteiger partial charge in [0.2, 0.25) is 0 Å². The van der Waals surface area contributed by atoms with Crippen LogP contribution < -0.4 is 9.47 Å². The first kappa shape index (κ1) is 19.0. The van der Waals surface area contributed by atoms with E-state index in [-0.39, 0.29) is 17.8 Å². The highest BCUT2D eigenvalue weighted by atomic mass is 16.5. The van der Waals surface area contributed by atoms with Gasteiger partial charge < -0.3 is 14.2 Å². The maximum atomic E-state index is 12.9. The van der Waals surface area contributed by atoms with Crippen LogP contribution in [0.2, 0.25) is 0 Å². The zero-order valence-corrected chi connectivity index (χ0v) is 16.7. The molecule has 28 heavy (non-hydrogen) atoms. The van der Waals surface area contributed by atoms with E-state index in [2.05, 4.69) is 11.0 Å². The van der Waals surface area contributed by atoms with Crippen molar-refractivity contribution in [3.63, 3.8) is 0 Å². The molecule has 0 unspecified atom stereocenters. The van der Waals surface area contributed by atoms with Gasteiger partial charge >= 0.3 is 5.97 Å². The molecule has 0 saturated carbocycles. The highest BCUT2D eigenvalue weighted by Crippen LogP contribution is 2.51. The van der Waals surface area contributed by atoms with Gasteiger partial charge in [-0.3, -0.25) is 14.5 Å². The summed E-state index contributed by atoms with van der Waals surface area (Å²) in [5, 5.41) is 0. The van der Waals surface area contributed by atoms with Gasteiger partial charge in [0.1, 0.15) is 5.41 Å². The Morgan fingerprint density at radius 1 is 1.21 bits per heavy atom. The molecule has 1 saturated heterocycles. The summed E-state index contributed by atoms with van der Waals surface area (Å²) in [5.74, 6) is 1.36. The zero-order valence-electron chi connectivity index (χ0n) is 16.7. The number of methoxy groups -OCH3 is 2. The number of carbonyl (C=O) groups excluding carboxylic acids is 2. The summed E-state index contributed by atoms with van der Waals surface area (Å²) in [4.78, 5) is 27.5. The van der Waals surface area contributed by atoms with Crippen molar-refractivity contribution in [1.82, 2.24) is 4.90 Å². The summed E-state index contributed by atoms with van der Waals surface area (Å²) in [6.45, 7) is 3.65. The molecule has 0 radical (unpaired) electrons. The Morgan fingerprint density at radius 2 is 1.96 bits per heavy atom. The summed E-state index contributed by atoms with van der Waals surface area (Å²) in [6, 6.07) is 4.23. The van der Waals surface area contributed by atoms with Crippen molar-refractivity contribution < 1.29 is 23.8 Å². The van der Waals surface area contributed by atoms with Gasteiger partial charge in [0, 0.05) is 25.6 Å². The lowest BCUT2D eigenvalue weighted by molar-refractivity contribution is -0.157. The number of rotatable bonds is 4. The summed E-state index contributed by atoms with van der Waals surface area (Å²) in [7, 11) is 3.28. The number of ether oxygens (including phenoxy) is 3. The Morgan fingerprint density at radius 3 is 2.68 bits per heavy atom. The van der Waals surface area contributed by atoms with Gasteiger partial charge in [0.15, 0.2) is 17.3 Å². The number of hydrogen-bond donors (Lipinski definition) is 0. The summed E-state index contributed by atoms with van der Waals surface area (Å²) in [5.41, 5.74) is 2.67. The van der Waals surface area contributed by atoms with Crippen molar-refractivity contribution >= 4 is 11.8 Å². The van der Waals surface area contributed by atoms with Gasteiger partial charge in [-0.25, -0.2) is 0 Å². The molecule has 0 amide bonds. The molecule has 1 aromatic rings. The van der Waals surface area contributed by atoms with Crippen LogP contribution in [-0.4, -0.2) is 50.6 Å². The molecule has 2 aliphatic heterocycles. The zero-order chi connectivity index (χ0) is 19.9. The van der Waals surface area contributed by atoms with E-state index in [0.29, 0.717) is 38.2 Å². The molecule has 1 fully saturated rings. The number of benzene rings is 1. The number of ketones is 1. The molecule has 3 aliphatic rings. The fourth-order valence-corrected chi connectivity index (χ4v) is 4.97. The smallest absolute Gasteiger partial charge is 0.317 e. The molecule has 1 aromatic carbocycles. The summed E-state index contributed by atoms with van der Waals surface area (Å²) >= 11 is 0. The fourth-order valence-electron chi connectivity index (χ4n) is 4.97. The molecule has 6 nitrogen and oxygen atoms in total. The van der Waals surface area contributed by atoms with E-state index in [9.17, 15) is 9.59 Å². The number of fused-ring (bicyclic) bond motifs is 4. The van der Waals surface area contributed by atoms with Crippen LogP contribution in [-0.2, 0) is 20.7 Å². The van der Waals surface area contributed by atoms with Crippen LogP contribution >= 0.6 is 0 Å². The number of hydrogen-bond acceptors (Lipinski definition) is 6. The second kappa shape index (κ2) is 7.24. The van der Waals surface area contributed by atoms with Crippen LogP contribution in [0.15, 0.2) is 23.8 Å².